The van der Waals surface area contributed by atoms with Crippen molar-refractivity contribution in [2.45, 2.75) is 32.9 Å². The first-order chi connectivity index (χ1) is 14.9. The molecule has 0 saturated heterocycles. The number of ether oxygens (including phenoxy) is 1. The average Bonchev–Trinajstić information content (AvgIpc) is 2.77. The van der Waals surface area contributed by atoms with E-state index in [-0.39, 0.29) is 0 Å². The third kappa shape index (κ3) is 5.07. The molecule has 0 aliphatic carbocycles. The zero-order valence-electron chi connectivity index (χ0n) is 17.9. The van der Waals surface area contributed by atoms with E-state index in [2.05, 4.69) is 28.5 Å². The summed E-state index contributed by atoms with van der Waals surface area (Å²) in [6.07, 6.45) is 1.33. The summed E-state index contributed by atoms with van der Waals surface area (Å²) in [4.78, 5) is 21.2. The Morgan fingerprint density at radius 2 is 1.68 bits per heavy atom. The number of carbonyl (C=O) groups excluding carboxylic acids is 1. The molecule has 0 aliphatic heterocycles. The number of amides is 1. The van der Waals surface area contributed by atoms with Crippen molar-refractivity contribution in [3.05, 3.63) is 84.6 Å². The Labute approximate surface area is 182 Å². The molecule has 0 aliphatic rings. The quantitative estimate of drug-likeness (QED) is 0.448. The number of hydrogen-bond donors (Lipinski definition) is 1. The summed E-state index contributed by atoms with van der Waals surface area (Å²) in [7, 11) is 0. The summed E-state index contributed by atoms with van der Waals surface area (Å²) in [5, 5.41) is 3.79. The van der Waals surface area contributed by atoms with Crippen LogP contribution in [0.15, 0.2) is 79.0 Å². The lowest BCUT2D eigenvalue weighted by Crippen LogP contribution is -2.32. The van der Waals surface area contributed by atoms with Crippen LogP contribution in [0.4, 0.5) is 4.79 Å². The number of pyridine rings is 2. The van der Waals surface area contributed by atoms with Gasteiger partial charge in [-0.1, -0.05) is 54.6 Å². The van der Waals surface area contributed by atoms with Gasteiger partial charge in [-0.15, -0.1) is 0 Å². The first kappa shape index (κ1) is 20.5. The number of carbonyl (C=O) groups is 1. The molecule has 0 fully saturated rings. The van der Waals surface area contributed by atoms with E-state index in [1.165, 1.54) is 0 Å². The summed E-state index contributed by atoms with van der Waals surface area (Å²) < 4.78 is 5.29. The molecule has 5 heteroatoms. The van der Waals surface area contributed by atoms with Crippen LogP contribution < -0.4 is 5.32 Å². The van der Waals surface area contributed by atoms with Crippen LogP contribution in [0.25, 0.3) is 33.4 Å². The van der Waals surface area contributed by atoms with Crippen molar-refractivity contribution in [2.24, 2.45) is 0 Å². The van der Waals surface area contributed by atoms with Crippen LogP contribution in [-0.4, -0.2) is 21.7 Å². The molecule has 156 valence electrons. The monoisotopic (exact) mass is 411 g/mol. The van der Waals surface area contributed by atoms with E-state index in [1.54, 1.807) is 6.20 Å². The minimum Gasteiger partial charge on any atom is -0.444 e. The van der Waals surface area contributed by atoms with Crippen LogP contribution in [0.1, 0.15) is 26.3 Å². The van der Waals surface area contributed by atoms with E-state index >= 15 is 0 Å². The fourth-order valence-corrected chi connectivity index (χ4v) is 3.33. The van der Waals surface area contributed by atoms with Gasteiger partial charge in [-0.25, -0.2) is 14.8 Å². The lowest BCUT2D eigenvalue weighted by molar-refractivity contribution is 0.0523. The number of benzene rings is 2. The molecule has 0 unspecified atom stereocenters. The summed E-state index contributed by atoms with van der Waals surface area (Å²) in [5.41, 5.74) is 5.21. The standard InChI is InChI=1S/C26H25N3O2/c1-26(2,3)31-25(30)28-17-18-11-13-20(14-12-18)23-22(19-8-5-4-6-9-19)16-21-10-7-15-27-24(21)29-23/h4-16H,17H2,1-3H3,(H,28,30). The van der Waals surface area contributed by atoms with Gasteiger partial charge in [0.2, 0.25) is 0 Å². The maximum Gasteiger partial charge on any atom is 0.407 e. The van der Waals surface area contributed by atoms with Crippen molar-refractivity contribution in [1.82, 2.24) is 15.3 Å². The van der Waals surface area contributed by atoms with E-state index in [1.807, 2.05) is 75.4 Å². The zero-order valence-corrected chi connectivity index (χ0v) is 17.9. The number of fused-ring (bicyclic) bond motifs is 1. The van der Waals surface area contributed by atoms with Gasteiger partial charge in [0.1, 0.15) is 5.60 Å². The zero-order chi connectivity index (χ0) is 21.8. The highest BCUT2D eigenvalue weighted by atomic mass is 16.6. The van der Waals surface area contributed by atoms with Crippen molar-refractivity contribution in [1.29, 1.82) is 0 Å². The van der Waals surface area contributed by atoms with Gasteiger partial charge >= 0.3 is 6.09 Å². The highest BCUT2D eigenvalue weighted by Gasteiger charge is 2.16. The minimum absolute atomic E-state index is 0.396. The number of nitrogens with one attached hydrogen (secondary N) is 1. The maximum absolute atomic E-state index is 11.9. The third-order valence-electron chi connectivity index (χ3n) is 4.74. The van der Waals surface area contributed by atoms with Crippen molar-refractivity contribution in [3.8, 4) is 22.4 Å². The van der Waals surface area contributed by atoms with Gasteiger partial charge in [0.05, 0.1) is 5.69 Å². The Bertz CT molecular complexity index is 1200. The van der Waals surface area contributed by atoms with Crippen LogP contribution in [0.5, 0.6) is 0 Å². The van der Waals surface area contributed by atoms with Gasteiger partial charge in [-0.3, -0.25) is 0 Å². The summed E-state index contributed by atoms with van der Waals surface area (Å²) in [5.74, 6) is 0. The molecule has 1 N–H and O–H groups in total. The molecule has 5 nitrogen and oxygen atoms in total. The van der Waals surface area contributed by atoms with E-state index in [4.69, 9.17) is 9.72 Å². The van der Waals surface area contributed by atoms with Crippen LogP contribution in [0.2, 0.25) is 0 Å². The Balaban J connectivity index is 1.63. The second-order valence-corrected chi connectivity index (χ2v) is 8.35. The molecule has 0 atom stereocenters. The second kappa shape index (κ2) is 8.56. The van der Waals surface area contributed by atoms with Crippen molar-refractivity contribution < 1.29 is 9.53 Å². The first-order valence-electron chi connectivity index (χ1n) is 10.3. The predicted molar refractivity (Wildman–Crippen MR) is 123 cm³/mol. The van der Waals surface area contributed by atoms with Crippen LogP contribution in [0.3, 0.4) is 0 Å². The summed E-state index contributed by atoms with van der Waals surface area (Å²) in [6.45, 7) is 5.93. The molecule has 2 aromatic heterocycles. The van der Waals surface area contributed by atoms with Crippen molar-refractivity contribution >= 4 is 17.1 Å². The highest BCUT2D eigenvalue weighted by molar-refractivity contribution is 5.90. The lowest BCUT2D eigenvalue weighted by atomic mass is 9.97. The van der Waals surface area contributed by atoms with Gasteiger partial charge in [0.15, 0.2) is 5.65 Å². The van der Waals surface area contributed by atoms with Crippen molar-refractivity contribution in [3.63, 3.8) is 0 Å². The average molecular weight is 412 g/mol. The molecule has 0 bridgehead atoms. The largest absolute Gasteiger partial charge is 0.444 e. The van der Waals surface area contributed by atoms with E-state index in [0.717, 1.165) is 33.3 Å². The second-order valence-electron chi connectivity index (χ2n) is 8.35. The molecule has 4 aromatic rings. The number of alkyl carbamates (subject to hydrolysis) is 1. The predicted octanol–water partition coefficient (Wildman–Crippen LogP) is 5.99. The van der Waals surface area contributed by atoms with Gasteiger partial charge in [-0.2, -0.15) is 0 Å². The normalized spacial score (nSPS) is 11.3. The topological polar surface area (TPSA) is 64.1 Å². The number of nitrogens with zero attached hydrogens (tertiary/aromatic N) is 2. The summed E-state index contributed by atoms with van der Waals surface area (Å²) >= 11 is 0. The fraction of sp³-hybridized carbons (Fsp3) is 0.192. The molecular formula is C26H25N3O2. The molecule has 2 heterocycles. The Morgan fingerprint density at radius 1 is 0.935 bits per heavy atom. The molecule has 2 aromatic carbocycles. The SMILES string of the molecule is CC(C)(C)OC(=O)NCc1ccc(-c2nc3ncccc3cc2-c2ccccc2)cc1. The van der Waals surface area contributed by atoms with E-state index < -0.39 is 11.7 Å². The third-order valence-corrected chi connectivity index (χ3v) is 4.74. The van der Waals surface area contributed by atoms with Crippen LogP contribution in [0, 0.1) is 0 Å². The minimum atomic E-state index is -0.516. The van der Waals surface area contributed by atoms with Gasteiger partial charge in [0, 0.05) is 29.3 Å². The lowest BCUT2D eigenvalue weighted by Gasteiger charge is -2.19. The number of aromatic nitrogens is 2. The molecule has 0 spiro atoms. The van der Waals surface area contributed by atoms with Crippen LogP contribution in [-0.2, 0) is 11.3 Å². The molecule has 0 radical (unpaired) electrons. The molecule has 31 heavy (non-hydrogen) atoms. The smallest absolute Gasteiger partial charge is 0.407 e. The van der Waals surface area contributed by atoms with Gasteiger partial charge in [-0.05, 0) is 50.1 Å². The highest BCUT2D eigenvalue weighted by Crippen LogP contribution is 2.33. The van der Waals surface area contributed by atoms with Crippen LogP contribution >= 0.6 is 0 Å². The molecule has 4 rings (SSSR count). The first-order valence-corrected chi connectivity index (χ1v) is 10.3. The van der Waals surface area contributed by atoms with E-state index in [0.29, 0.717) is 12.2 Å². The Kier molecular flexibility index (Phi) is 5.67. The van der Waals surface area contributed by atoms with E-state index in [9.17, 15) is 4.79 Å². The number of hydrogen-bond acceptors (Lipinski definition) is 4. The maximum atomic E-state index is 11.9. The summed E-state index contributed by atoms with van der Waals surface area (Å²) in [6, 6.07) is 24.3. The molecular weight excluding hydrogens is 386 g/mol. The van der Waals surface area contributed by atoms with Gasteiger partial charge in [0.25, 0.3) is 0 Å². The Hall–Kier alpha value is -3.73. The van der Waals surface area contributed by atoms with Gasteiger partial charge < -0.3 is 10.1 Å². The Morgan fingerprint density at radius 3 is 2.39 bits per heavy atom. The fourth-order valence-electron chi connectivity index (χ4n) is 3.33. The van der Waals surface area contributed by atoms with Crippen molar-refractivity contribution in [2.75, 3.05) is 0 Å². The number of rotatable bonds is 4. The molecule has 1 amide bonds. The molecule has 0 saturated carbocycles.